The number of aryl methyl sites for hydroxylation is 1. The van der Waals surface area contributed by atoms with Gasteiger partial charge in [-0.1, -0.05) is 13.8 Å². The molecule has 0 unspecified atom stereocenters. The van der Waals surface area contributed by atoms with Crippen molar-refractivity contribution in [2.75, 3.05) is 0 Å². The van der Waals surface area contributed by atoms with Crippen LogP contribution in [0.4, 0.5) is 0 Å². The van der Waals surface area contributed by atoms with E-state index in [-0.39, 0.29) is 0 Å². The van der Waals surface area contributed by atoms with Gasteiger partial charge in [-0.25, -0.2) is 4.98 Å². The molecule has 96 valence electrons. The van der Waals surface area contributed by atoms with Crippen LogP contribution in [0.5, 0.6) is 0 Å². The highest BCUT2D eigenvalue weighted by Gasteiger charge is 2.14. The summed E-state index contributed by atoms with van der Waals surface area (Å²) in [5.74, 6) is 1.81. The van der Waals surface area contributed by atoms with Crippen molar-refractivity contribution in [2.45, 2.75) is 26.7 Å². The highest BCUT2D eigenvalue weighted by Crippen LogP contribution is 2.29. The van der Waals surface area contributed by atoms with Gasteiger partial charge in [0.1, 0.15) is 11.5 Å². The van der Waals surface area contributed by atoms with Gasteiger partial charge in [0.05, 0.1) is 0 Å². The number of hydrogen-bond donors (Lipinski definition) is 1. The normalized spacial score (nSPS) is 11.4. The molecular weight excluding hydrogens is 238 g/mol. The molecule has 3 aromatic rings. The molecule has 0 aliphatic heterocycles. The molecule has 0 aromatic carbocycles. The smallest absolute Gasteiger partial charge is 0.200 e. The fraction of sp³-hybridized carbons (Fsp3) is 0.286. The summed E-state index contributed by atoms with van der Waals surface area (Å²) in [5, 5.41) is 9.19. The quantitative estimate of drug-likeness (QED) is 0.762. The predicted molar refractivity (Wildman–Crippen MR) is 73.7 cm³/mol. The van der Waals surface area contributed by atoms with Crippen LogP contribution in [0.1, 0.15) is 31.2 Å². The third-order valence-corrected chi connectivity index (χ3v) is 3.15. The van der Waals surface area contributed by atoms with Crippen LogP contribution in [0.2, 0.25) is 0 Å². The Bertz CT molecular complexity index is 730. The molecule has 0 amide bonds. The monoisotopic (exact) mass is 253 g/mol. The van der Waals surface area contributed by atoms with E-state index in [1.165, 1.54) is 5.56 Å². The summed E-state index contributed by atoms with van der Waals surface area (Å²) >= 11 is 0. The van der Waals surface area contributed by atoms with Crippen molar-refractivity contribution in [3.8, 4) is 11.5 Å². The topological polar surface area (TPSA) is 67.3 Å². The number of H-pyrrole nitrogens is 1. The minimum absolute atomic E-state index is 0.417. The number of nitrogens with zero attached hydrogens (tertiary/aromatic N) is 4. The minimum Gasteiger partial charge on any atom is -0.264 e. The van der Waals surface area contributed by atoms with Crippen LogP contribution in [-0.2, 0) is 0 Å². The molecule has 3 aromatic heterocycles. The highest BCUT2D eigenvalue weighted by atomic mass is 15.2. The molecule has 0 spiro atoms. The first-order chi connectivity index (χ1) is 9.16. The van der Waals surface area contributed by atoms with Crippen molar-refractivity contribution < 1.29 is 0 Å². The third kappa shape index (κ3) is 1.97. The van der Waals surface area contributed by atoms with Crippen molar-refractivity contribution in [1.29, 1.82) is 0 Å². The molecule has 0 fully saturated rings. The standard InChI is InChI=1S/C14H15N5/c1-8(2)11-7-16-13(14-17-9(3)18-19-14)12-6-15-5-4-10(11)12/h4-8H,1-3H3,(H,17,18,19). The number of fused-ring (bicyclic) bond motifs is 1. The lowest BCUT2D eigenvalue weighted by Gasteiger charge is -2.10. The van der Waals surface area contributed by atoms with E-state index in [1.807, 2.05) is 25.4 Å². The highest BCUT2D eigenvalue weighted by molar-refractivity contribution is 5.94. The summed E-state index contributed by atoms with van der Waals surface area (Å²) in [6.45, 7) is 6.19. The van der Waals surface area contributed by atoms with Crippen molar-refractivity contribution in [3.05, 3.63) is 36.0 Å². The molecule has 0 bridgehead atoms. The molecule has 5 heteroatoms. The second-order valence-corrected chi connectivity index (χ2v) is 4.88. The molecule has 3 rings (SSSR count). The third-order valence-electron chi connectivity index (χ3n) is 3.15. The van der Waals surface area contributed by atoms with Crippen LogP contribution in [0.3, 0.4) is 0 Å². The summed E-state index contributed by atoms with van der Waals surface area (Å²) in [4.78, 5) is 13.1. The van der Waals surface area contributed by atoms with Gasteiger partial charge in [0.2, 0.25) is 0 Å². The lowest BCUT2D eigenvalue weighted by Crippen LogP contribution is -1.96. The lowest BCUT2D eigenvalue weighted by atomic mass is 9.98. The SMILES string of the molecule is Cc1nc(-c2ncc(C(C)C)c3ccncc23)n[nH]1. The Kier molecular flexibility index (Phi) is 2.74. The molecule has 3 heterocycles. The maximum atomic E-state index is 4.53. The maximum Gasteiger partial charge on any atom is 0.200 e. The Morgan fingerprint density at radius 2 is 2.00 bits per heavy atom. The average molecular weight is 253 g/mol. The van der Waals surface area contributed by atoms with Gasteiger partial charge in [0.25, 0.3) is 0 Å². The molecule has 19 heavy (non-hydrogen) atoms. The molecule has 0 aliphatic rings. The van der Waals surface area contributed by atoms with E-state index >= 15 is 0 Å². The van der Waals surface area contributed by atoms with Crippen LogP contribution < -0.4 is 0 Å². The molecule has 0 saturated heterocycles. The first-order valence-corrected chi connectivity index (χ1v) is 6.29. The number of pyridine rings is 2. The van der Waals surface area contributed by atoms with Gasteiger partial charge < -0.3 is 0 Å². The van der Waals surface area contributed by atoms with Crippen molar-refractivity contribution in [1.82, 2.24) is 25.1 Å². The van der Waals surface area contributed by atoms with E-state index in [0.717, 1.165) is 22.3 Å². The Morgan fingerprint density at radius 1 is 1.16 bits per heavy atom. The predicted octanol–water partition coefficient (Wildman–Crippen LogP) is 2.85. The van der Waals surface area contributed by atoms with E-state index in [2.05, 4.69) is 39.0 Å². The molecule has 0 radical (unpaired) electrons. The van der Waals surface area contributed by atoms with E-state index in [9.17, 15) is 0 Å². The van der Waals surface area contributed by atoms with E-state index in [1.54, 1.807) is 6.20 Å². The molecule has 0 saturated carbocycles. The maximum absolute atomic E-state index is 4.53. The van der Waals surface area contributed by atoms with Gasteiger partial charge in [-0.3, -0.25) is 15.1 Å². The van der Waals surface area contributed by atoms with Crippen LogP contribution in [0, 0.1) is 6.92 Å². The van der Waals surface area contributed by atoms with Crippen LogP contribution in [0.25, 0.3) is 22.3 Å². The largest absolute Gasteiger partial charge is 0.264 e. The average Bonchev–Trinajstić information content (AvgIpc) is 2.83. The van der Waals surface area contributed by atoms with E-state index in [4.69, 9.17) is 0 Å². The van der Waals surface area contributed by atoms with Crippen LogP contribution in [-0.4, -0.2) is 25.1 Å². The second-order valence-electron chi connectivity index (χ2n) is 4.88. The molecule has 0 aliphatic carbocycles. The van der Waals surface area contributed by atoms with Gasteiger partial charge >= 0.3 is 0 Å². The van der Waals surface area contributed by atoms with Gasteiger partial charge in [0.15, 0.2) is 5.82 Å². The summed E-state index contributed by atoms with van der Waals surface area (Å²) in [7, 11) is 0. The number of aromatic amines is 1. The van der Waals surface area contributed by atoms with Gasteiger partial charge in [-0.05, 0) is 29.9 Å². The van der Waals surface area contributed by atoms with E-state index < -0.39 is 0 Å². The lowest BCUT2D eigenvalue weighted by molar-refractivity contribution is 0.868. The van der Waals surface area contributed by atoms with Crippen LogP contribution >= 0.6 is 0 Å². The number of aromatic nitrogens is 5. The Morgan fingerprint density at radius 3 is 2.68 bits per heavy atom. The Balaban J connectivity index is 2.30. The number of hydrogen-bond acceptors (Lipinski definition) is 4. The van der Waals surface area contributed by atoms with Gasteiger partial charge in [-0.2, -0.15) is 5.10 Å². The van der Waals surface area contributed by atoms with Crippen LogP contribution in [0.15, 0.2) is 24.7 Å². The molecule has 1 N–H and O–H groups in total. The Hall–Kier alpha value is -2.30. The summed E-state index contributed by atoms with van der Waals surface area (Å²) in [6.07, 6.45) is 5.55. The minimum atomic E-state index is 0.417. The summed E-state index contributed by atoms with van der Waals surface area (Å²) < 4.78 is 0. The molecule has 0 atom stereocenters. The Labute approximate surface area is 111 Å². The van der Waals surface area contributed by atoms with Crippen molar-refractivity contribution >= 4 is 10.8 Å². The molecular formula is C14H15N5. The van der Waals surface area contributed by atoms with Crippen molar-refractivity contribution in [3.63, 3.8) is 0 Å². The molecule has 5 nitrogen and oxygen atoms in total. The zero-order chi connectivity index (χ0) is 13.4. The fourth-order valence-corrected chi connectivity index (χ4v) is 2.19. The van der Waals surface area contributed by atoms with Gasteiger partial charge in [-0.15, -0.1) is 0 Å². The van der Waals surface area contributed by atoms with Gasteiger partial charge in [0, 0.05) is 24.0 Å². The number of nitrogens with one attached hydrogen (secondary N) is 1. The summed E-state index contributed by atoms with van der Waals surface area (Å²) in [5.41, 5.74) is 1.99. The zero-order valence-corrected chi connectivity index (χ0v) is 11.2. The van der Waals surface area contributed by atoms with E-state index in [0.29, 0.717) is 11.7 Å². The number of rotatable bonds is 2. The first kappa shape index (κ1) is 11.8. The zero-order valence-electron chi connectivity index (χ0n) is 11.2. The summed E-state index contributed by atoms with van der Waals surface area (Å²) in [6, 6.07) is 2.02. The fourth-order valence-electron chi connectivity index (χ4n) is 2.19. The van der Waals surface area contributed by atoms with Crippen molar-refractivity contribution in [2.24, 2.45) is 0 Å². The second kappa shape index (κ2) is 4.42. The first-order valence-electron chi connectivity index (χ1n) is 6.29.